The van der Waals surface area contributed by atoms with Crippen LogP contribution in [-0.4, -0.2) is 36.4 Å². The smallest absolute Gasteiger partial charge is 0.260 e. The van der Waals surface area contributed by atoms with Crippen molar-refractivity contribution in [3.05, 3.63) is 53.6 Å². The molecule has 1 fully saturated rings. The molecule has 3 aromatic rings. The number of thiazole rings is 1. The fraction of sp³-hybridized carbons (Fsp3) is 0.417. The van der Waals surface area contributed by atoms with E-state index in [9.17, 15) is 4.79 Å². The van der Waals surface area contributed by atoms with Crippen molar-refractivity contribution in [3.63, 3.8) is 0 Å². The number of thioether (sulfide) groups is 1. The molecule has 30 heavy (non-hydrogen) atoms. The number of hydrogen-bond acceptors (Lipinski definition) is 5. The Labute approximate surface area is 186 Å². The van der Waals surface area contributed by atoms with Crippen molar-refractivity contribution in [2.75, 3.05) is 24.3 Å². The molecule has 1 amide bonds. The molecule has 4 rings (SSSR count). The fourth-order valence-corrected chi connectivity index (χ4v) is 5.17. The largest absolute Gasteiger partial charge is 0.376 e. The van der Waals surface area contributed by atoms with Gasteiger partial charge in [0.25, 0.3) is 5.91 Å². The number of anilines is 1. The van der Waals surface area contributed by atoms with Gasteiger partial charge in [0.2, 0.25) is 0 Å². The summed E-state index contributed by atoms with van der Waals surface area (Å²) in [6.07, 6.45) is 4.16. The van der Waals surface area contributed by atoms with Gasteiger partial charge >= 0.3 is 0 Å². The molecule has 158 valence electrons. The maximum atomic E-state index is 13.5. The van der Waals surface area contributed by atoms with Crippen LogP contribution >= 0.6 is 23.1 Å². The third-order valence-corrected chi connectivity index (χ3v) is 7.23. The fourth-order valence-electron chi connectivity index (χ4n) is 3.64. The van der Waals surface area contributed by atoms with Gasteiger partial charge in [-0.15, -0.1) is 11.8 Å². The van der Waals surface area contributed by atoms with Crippen LogP contribution in [-0.2, 0) is 10.2 Å². The lowest BCUT2D eigenvalue weighted by atomic mass is 9.86. The summed E-state index contributed by atoms with van der Waals surface area (Å²) in [5.74, 6) is -0.0184. The number of rotatable bonds is 5. The van der Waals surface area contributed by atoms with Crippen molar-refractivity contribution >= 4 is 44.4 Å². The molecule has 1 aliphatic rings. The van der Waals surface area contributed by atoms with E-state index in [1.54, 1.807) is 23.1 Å². The van der Waals surface area contributed by atoms with Crippen LogP contribution < -0.4 is 4.90 Å². The molecule has 6 heteroatoms. The number of hydrogen-bond donors (Lipinski definition) is 0. The van der Waals surface area contributed by atoms with Crippen molar-refractivity contribution in [1.29, 1.82) is 0 Å². The van der Waals surface area contributed by atoms with Crippen LogP contribution in [0.4, 0.5) is 5.13 Å². The zero-order valence-corrected chi connectivity index (χ0v) is 19.6. The summed E-state index contributed by atoms with van der Waals surface area (Å²) in [5.41, 5.74) is 2.89. The Balaban J connectivity index is 1.68. The number of carbonyl (C=O) groups excluding carboxylic acids is 1. The number of carbonyl (C=O) groups is 1. The summed E-state index contributed by atoms with van der Waals surface area (Å²) in [4.78, 5) is 21.3. The Morgan fingerprint density at radius 3 is 2.63 bits per heavy atom. The maximum Gasteiger partial charge on any atom is 0.260 e. The van der Waals surface area contributed by atoms with Crippen LogP contribution in [0.25, 0.3) is 10.2 Å². The molecule has 2 aromatic carbocycles. The first-order valence-corrected chi connectivity index (χ1v) is 12.4. The lowest BCUT2D eigenvalue weighted by Crippen LogP contribution is -2.37. The van der Waals surface area contributed by atoms with Gasteiger partial charge in [-0.3, -0.25) is 9.69 Å². The Hall–Kier alpha value is -1.89. The topological polar surface area (TPSA) is 42.4 Å². The first kappa shape index (κ1) is 21.3. The second kappa shape index (κ2) is 8.69. The Bertz CT molecular complexity index is 1030. The van der Waals surface area contributed by atoms with Crippen LogP contribution in [0.2, 0.25) is 0 Å². The molecular weight excluding hydrogens is 412 g/mol. The predicted octanol–water partition coefficient (Wildman–Crippen LogP) is 6.14. The summed E-state index contributed by atoms with van der Waals surface area (Å²) < 4.78 is 6.95. The zero-order chi connectivity index (χ0) is 21.3. The summed E-state index contributed by atoms with van der Waals surface area (Å²) in [6, 6.07) is 14.2. The SMILES string of the molecule is CSc1ccc2nc(N(CC3CCCO3)C(=O)c3ccc(C(C)(C)C)cc3)sc2c1. The van der Waals surface area contributed by atoms with Crippen molar-refractivity contribution in [2.45, 2.75) is 50.0 Å². The van der Waals surface area contributed by atoms with Gasteiger partial charge in [0.1, 0.15) is 0 Å². The second-order valence-electron chi connectivity index (χ2n) is 8.71. The van der Waals surface area contributed by atoms with Gasteiger partial charge in [0.15, 0.2) is 5.13 Å². The van der Waals surface area contributed by atoms with E-state index in [-0.39, 0.29) is 17.4 Å². The van der Waals surface area contributed by atoms with E-state index in [1.807, 2.05) is 23.1 Å². The highest BCUT2D eigenvalue weighted by atomic mass is 32.2. The second-order valence-corrected chi connectivity index (χ2v) is 10.6. The Kier molecular flexibility index (Phi) is 6.19. The van der Waals surface area contributed by atoms with Gasteiger partial charge in [-0.2, -0.15) is 0 Å². The first-order chi connectivity index (χ1) is 14.3. The number of fused-ring (bicyclic) bond motifs is 1. The highest BCUT2D eigenvalue weighted by molar-refractivity contribution is 7.98. The summed E-state index contributed by atoms with van der Waals surface area (Å²) >= 11 is 3.29. The molecule has 0 saturated carbocycles. The highest BCUT2D eigenvalue weighted by Crippen LogP contribution is 2.33. The van der Waals surface area contributed by atoms with Gasteiger partial charge in [0.05, 0.1) is 22.9 Å². The lowest BCUT2D eigenvalue weighted by molar-refractivity contribution is 0.0917. The van der Waals surface area contributed by atoms with Crippen LogP contribution in [0, 0.1) is 0 Å². The molecule has 1 aliphatic heterocycles. The van der Waals surface area contributed by atoms with E-state index in [0.717, 1.165) is 34.8 Å². The van der Waals surface area contributed by atoms with Crippen LogP contribution in [0.5, 0.6) is 0 Å². The van der Waals surface area contributed by atoms with Crippen LogP contribution in [0.15, 0.2) is 47.4 Å². The van der Waals surface area contributed by atoms with E-state index in [2.05, 4.69) is 51.3 Å². The Morgan fingerprint density at radius 2 is 2.00 bits per heavy atom. The average Bonchev–Trinajstić information content (AvgIpc) is 3.39. The predicted molar refractivity (Wildman–Crippen MR) is 127 cm³/mol. The Morgan fingerprint density at radius 1 is 1.23 bits per heavy atom. The molecular formula is C24H28N2O2S2. The monoisotopic (exact) mass is 440 g/mol. The van der Waals surface area contributed by atoms with Gasteiger partial charge in [-0.05, 0) is 60.4 Å². The number of nitrogens with zero attached hydrogens (tertiary/aromatic N) is 2. The summed E-state index contributed by atoms with van der Waals surface area (Å²) in [5, 5.41) is 0.739. The highest BCUT2D eigenvalue weighted by Gasteiger charge is 2.27. The number of ether oxygens (including phenoxy) is 1. The molecule has 1 saturated heterocycles. The average molecular weight is 441 g/mol. The maximum absolute atomic E-state index is 13.5. The van der Waals surface area contributed by atoms with Gasteiger partial charge in [-0.25, -0.2) is 4.98 Å². The van der Waals surface area contributed by atoms with Crippen molar-refractivity contribution in [2.24, 2.45) is 0 Å². The quantitative estimate of drug-likeness (QED) is 0.447. The molecule has 4 nitrogen and oxygen atoms in total. The third-order valence-electron chi connectivity index (χ3n) is 5.47. The van der Waals surface area contributed by atoms with Crippen molar-refractivity contribution in [3.8, 4) is 0 Å². The molecule has 0 aliphatic carbocycles. The lowest BCUT2D eigenvalue weighted by Gasteiger charge is -2.24. The summed E-state index contributed by atoms with van der Waals surface area (Å²) in [6.45, 7) is 7.84. The van der Waals surface area contributed by atoms with Gasteiger partial charge in [-0.1, -0.05) is 44.2 Å². The molecule has 0 N–H and O–H groups in total. The van der Waals surface area contributed by atoms with Gasteiger partial charge in [0, 0.05) is 17.1 Å². The molecule has 0 spiro atoms. The number of aromatic nitrogens is 1. The minimum atomic E-state index is -0.0184. The number of amides is 1. The zero-order valence-electron chi connectivity index (χ0n) is 18.0. The molecule has 1 aromatic heterocycles. The van der Waals surface area contributed by atoms with Gasteiger partial charge < -0.3 is 4.74 Å². The van der Waals surface area contributed by atoms with Crippen molar-refractivity contribution in [1.82, 2.24) is 4.98 Å². The molecule has 0 bridgehead atoms. The molecule has 0 radical (unpaired) electrons. The van der Waals surface area contributed by atoms with E-state index in [0.29, 0.717) is 12.1 Å². The van der Waals surface area contributed by atoms with Crippen LogP contribution in [0.3, 0.4) is 0 Å². The minimum absolute atomic E-state index is 0.0184. The standard InChI is InChI=1S/C24H28N2O2S2/c1-24(2,3)17-9-7-16(8-10-17)22(27)26(15-18-6-5-13-28-18)23-25-20-12-11-19(29-4)14-21(20)30-23/h7-12,14,18H,5-6,13,15H2,1-4H3. The van der Waals surface area contributed by atoms with Crippen molar-refractivity contribution < 1.29 is 9.53 Å². The van der Waals surface area contributed by atoms with E-state index in [1.165, 1.54) is 10.5 Å². The number of benzene rings is 2. The van der Waals surface area contributed by atoms with E-state index >= 15 is 0 Å². The molecule has 1 atom stereocenters. The van der Waals surface area contributed by atoms with Crippen LogP contribution in [0.1, 0.15) is 49.5 Å². The van der Waals surface area contributed by atoms with E-state index < -0.39 is 0 Å². The molecule has 1 unspecified atom stereocenters. The first-order valence-electron chi connectivity index (χ1n) is 10.3. The normalized spacial score (nSPS) is 16.9. The third kappa shape index (κ3) is 4.56. The minimum Gasteiger partial charge on any atom is -0.376 e. The summed E-state index contributed by atoms with van der Waals surface area (Å²) in [7, 11) is 0. The van der Waals surface area contributed by atoms with E-state index in [4.69, 9.17) is 9.72 Å². The molecule has 2 heterocycles.